The van der Waals surface area contributed by atoms with Gasteiger partial charge in [0.15, 0.2) is 10.5 Å². The van der Waals surface area contributed by atoms with Crippen LogP contribution in [0.15, 0.2) is 63.8 Å². The Morgan fingerprint density at radius 1 is 0.974 bits per heavy atom. The number of phenols is 1. The Morgan fingerprint density at radius 2 is 1.74 bits per heavy atom. The molecule has 1 heterocycles. The number of nitrogens with one attached hydrogen (secondary N) is 2. The predicted molar refractivity (Wildman–Crippen MR) is 148 cm³/mol. The number of carboxylic acids is 1. The van der Waals surface area contributed by atoms with Gasteiger partial charge in [0, 0.05) is 47.4 Å². The zero-order valence-electron chi connectivity index (χ0n) is 20.4. The lowest BCUT2D eigenvalue weighted by Crippen LogP contribution is -2.31. The Balaban J connectivity index is 1.57. The minimum atomic E-state index is -1.14. The van der Waals surface area contributed by atoms with E-state index in [-0.39, 0.29) is 22.5 Å². The summed E-state index contributed by atoms with van der Waals surface area (Å²) in [5.41, 5.74) is 7.47. The summed E-state index contributed by atoms with van der Waals surface area (Å²) in [5, 5.41) is 26.9. The number of ether oxygens (including phenoxy) is 2. The third-order valence-electron chi connectivity index (χ3n) is 5.62. The van der Waals surface area contributed by atoms with Gasteiger partial charge in [-0.2, -0.15) is 0 Å². The smallest absolute Gasteiger partial charge is 0.336 e. The zero-order chi connectivity index (χ0) is 27.1. The van der Waals surface area contributed by atoms with Crippen molar-refractivity contribution >= 4 is 40.0 Å². The SMILES string of the molecule is NCCOCCOCCNC(=S)Nc1ccc(-c2c3ccc(=O)cc-3oc3cc(O)ccc23)c(C(=O)O)c1. The monoisotopic (exact) mass is 537 g/mol. The van der Waals surface area contributed by atoms with E-state index in [0.717, 1.165) is 0 Å². The second-order valence-corrected chi connectivity index (χ2v) is 8.68. The summed E-state index contributed by atoms with van der Waals surface area (Å²) in [4.78, 5) is 24.3. The van der Waals surface area contributed by atoms with Crippen molar-refractivity contribution in [1.82, 2.24) is 5.32 Å². The van der Waals surface area contributed by atoms with Gasteiger partial charge in [0.25, 0.3) is 0 Å². The number of carboxylic acid groups (broad SMARTS) is 1. The van der Waals surface area contributed by atoms with Crippen molar-refractivity contribution in [1.29, 1.82) is 0 Å². The molecule has 10 nitrogen and oxygen atoms in total. The van der Waals surface area contributed by atoms with Crippen LogP contribution >= 0.6 is 12.2 Å². The molecule has 0 fully saturated rings. The van der Waals surface area contributed by atoms with Crippen LogP contribution < -0.4 is 21.8 Å². The van der Waals surface area contributed by atoms with E-state index in [1.165, 1.54) is 30.3 Å². The molecule has 1 aliphatic heterocycles. The molecule has 2 aromatic carbocycles. The third kappa shape index (κ3) is 6.45. The van der Waals surface area contributed by atoms with Crippen LogP contribution in [-0.4, -0.2) is 60.8 Å². The lowest BCUT2D eigenvalue weighted by molar-refractivity contribution is 0.0529. The highest BCUT2D eigenvalue weighted by Gasteiger charge is 2.22. The van der Waals surface area contributed by atoms with Crippen LogP contribution in [0.4, 0.5) is 5.69 Å². The van der Waals surface area contributed by atoms with Gasteiger partial charge < -0.3 is 40.5 Å². The highest BCUT2D eigenvalue weighted by Crippen LogP contribution is 2.42. The van der Waals surface area contributed by atoms with Gasteiger partial charge in [-0.05, 0) is 54.2 Å². The van der Waals surface area contributed by atoms with Gasteiger partial charge in [0.2, 0.25) is 0 Å². The van der Waals surface area contributed by atoms with Crippen molar-refractivity contribution in [3.8, 4) is 28.2 Å². The first kappa shape index (κ1) is 27.0. The molecule has 2 aliphatic rings. The normalized spacial score (nSPS) is 11.1. The molecular formula is C27H27N3O7S. The van der Waals surface area contributed by atoms with E-state index in [1.54, 1.807) is 24.3 Å². The van der Waals surface area contributed by atoms with Gasteiger partial charge in [-0.15, -0.1) is 0 Å². The van der Waals surface area contributed by atoms with E-state index >= 15 is 0 Å². The van der Waals surface area contributed by atoms with Crippen molar-refractivity contribution < 1.29 is 28.9 Å². The Hall–Kier alpha value is -4.03. The topological polar surface area (TPSA) is 156 Å². The van der Waals surface area contributed by atoms with Crippen molar-refractivity contribution in [2.24, 2.45) is 5.73 Å². The molecule has 0 unspecified atom stereocenters. The number of hydrogen-bond donors (Lipinski definition) is 5. The number of aromatic hydroxyl groups is 1. The highest BCUT2D eigenvalue weighted by molar-refractivity contribution is 7.80. The van der Waals surface area contributed by atoms with Gasteiger partial charge in [-0.3, -0.25) is 4.79 Å². The maximum atomic E-state index is 12.3. The number of anilines is 1. The molecule has 198 valence electrons. The summed E-state index contributed by atoms with van der Waals surface area (Å²) in [6, 6.07) is 13.8. The van der Waals surface area contributed by atoms with Crippen LogP contribution in [0.3, 0.4) is 0 Å². The lowest BCUT2D eigenvalue weighted by Gasteiger charge is -2.18. The number of hydrogen-bond acceptors (Lipinski definition) is 8. The number of nitrogens with two attached hydrogens (primary N) is 1. The molecular weight excluding hydrogens is 510 g/mol. The van der Waals surface area contributed by atoms with Gasteiger partial charge in [0.05, 0.1) is 32.0 Å². The molecule has 0 spiro atoms. The van der Waals surface area contributed by atoms with Gasteiger partial charge in [-0.1, -0.05) is 6.07 Å². The molecule has 38 heavy (non-hydrogen) atoms. The molecule has 6 N–H and O–H groups in total. The highest BCUT2D eigenvalue weighted by atomic mass is 32.1. The van der Waals surface area contributed by atoms with Crippen LogP contribution in [-0.2, 0) is 9.47 Å². The van der Waals surface area contributed by atoms with Crippen molar-refractivity contribution in [3.63, 3.8) is 0 Å². The quantitative estimate of drug-likeness (QED) is 0.109. The van der Waals surface area contributed by atoms with Crippen LogP contribution in [0.5, 0.6) is 5.75 Å². The second-order valence-electron chi connectivity index (χ2n) is 8.28. The molecule has 1 aliphatic carbocycles. The molecule has 0 atom stereocenters. The number of aromatic carboxylic acids is 1. The standard InChI is InChI=1S/C27H27N3O7S/c28-7-9-35-11-12-36-10-8-29-27(38)30-16-1-4-19(22(13-16)26(33)34)25-20-5-2-17(31)14-23(20)37-24-15-18(32)3-6-21(24)25/h1-6,13-15,31H,7-12,28H2,(H,33,34)(H2,29,30,38). The molecule has 0 aromatic heterocycles. The Labute approximate surface area is 223 Å². The number of fused-ring (bicyclic) bond motifs is 2. The number of benzene rings is 3. The fourth-order valence-electron chi connectivity index (χ4n) is 3.98. The number of phenolic OH excluding ortho intramolecular Hbond substituents is 1. The molecule has 0 saturated carbocycles. The molecule has 11 heteroatoms. The number of rotatable bonds is 11. The molecule has 4 rings (SSSR count). The van der Waals surface area contributed by atoms with Crippen molar-refractivity contribution in [2.45, 2.75) is 0 Å². The molecule has 0 radical (unpaired) electrons. The first-order chi connectivity index (χ1) is 18.4. The zero-order valence-corrected chi connectivity index (χ0v) is 21.2. The maximum absolute atomic E-state index is 12.3. The largest absolute Gasteiger partial charge is 0.508 e. The van der Waals surface area contributed by atoms with Crippen molar-refractivity contribution in [2.75, 3.05) is 44.8 Å². The van der Waals surface area contributed by atoms with Gasteiger partial charge in [-0.25, -0.2) is 4.79 Å². The Morgan fingerprint density at radius 3 is 2.50 bits per heavy atom. The average molecular weight is 538 g/mol. The Bertz CT molecular complexity index is 1490. The first-order valence-electron chi connectivity index (χ1n) is 11.8. The van der Waals surface area contributed by atoms with E-state index in [0.29, 0.717) is 78.0 Å². The van der Waals surface area contributed by atoms with Gasteiger partial charge in [0.1, 0.15) is 17.1 Å². The summed E-state index contributed by atoms with van der Waals surface area (Å²) in [6.07, 6.45) is 0. The van der Waals surface area contributed by atoms with Crippen LogP contribution in [0, 0.1) is 0 Å². The van der Waals surface area contributed by atoms with E-state index in [4.69, 9.17) is 31.8 Å². The maximum Gasteiger partial charge on any atom is 0.336 e. The number of thiocarbonyl (C=S) groups is 1. The summed E-state index contributed by atoms with van der Waals surface area (Å²) >= 11 is 5.33. The molecule has 2 aromatic rings. The average Bonchev–Trinajstić information content (AvgIpc) is 2.88. The summed E-state index contributed by atoms with van der Waals surface area (Å²) in [6.45, 7) is 2.72. The van der Waals surface area contributed by atoms with Crippen LogP contribution in [0.25, 0.3) is 33.4 Å². The third-order valence-corrected chi connectivity index (χ3v) is 5.87. The Kier molecular flexibility index (Phi) is 8.87. The molecule has 0 bridgehead atoms. The van der Waals surface area contributed by atoms with E-state index in [1.807, 2.05) is 0 Å². The van der Waals surface area contributed by atoms with Crippen LogP contribution in [0.2, 0.25) is 0 Å². The second kappa shape index (κ2) is 12.5. The van der Waals surface area contributed by atoms with E-state index in [9.17, 15) is 19.8 Å². The predicted octanol–water partition coefficient (Wildman–Crippen LogP) is 3.25. The first-order valence-corrected chi connectivity index (χ1v) is 12.3. The fraction of sp³-hybridized carbons (Fsp3) is 0.222. The minimum Gasteiger partial charge on any atom is -0.508 e. The lowest BCUT2D eigenvalue weighted by atomic mass is 9.90. The van der Waals surface area contributed by atoms with Gasteiger partial charge >= 0.3 is 5.97 Å². The van der Waals surface area contributed by atoms with E-state index < -0.39 is 5.97 Å². The summed E-state index contributed by atoms with van der Waals surface area (Å²) in [5.74, 6) is -0.883. The van der Waals surface area contributed by atoms with E-state index in [2.05, 4.69) is 10.6 Å². The minimum absolute atomic E-state index is 0.0193. The fourth-order valence-corrected chi connectivity index (χ4v) is 4.20. The molecule has 0 amide bonds. The van der Waals surface area contributed by atoms with Crippen molar-refractivity contribution in [3.05, 3.63) is 70.4 Å². The summed E-state index contributed by atoms with van der Waals surface area (Å²) < 4.78 is 16.5. The summed E-state index contributed by atoms with van der Waals surface area (Å²) in [7, 11) is 0. The number of carbonyl (C=O) groups is 1. The van der Waals surface area contributed by atoms with Crippen LogP contribution in [0.1, 0.15) is 10.4 Å². The molecule has 0 saturated heterocycles.